The second kappa shape index (κ2) is 8.26. The van der Waals surface area contributed by atoms with Crippen LogP contribution in [0.4, 0.5) is 13.2 Å². The molecule has 1 aromatic carbocycles. The Bertz CT molecular complexity index is 1410. The van der Waals surface area contributed by atoms with Gasteiger partial charge in [-0.3, -0.25) is 4.98 Å². The number of alkyl halides is 3. The van der Waals surface area contributed by atoms with Gasteiger partial charge in [0.05, 0.1) is 35.9 Å². The molecule has 12 heteroatoms. The van der Waals surface area contributed by atoms with E-state index in [9.17, 15) is 28.2 Å². The molecule has 2 N–H and O–H groups in total. The highest BCUT2D eigenvalue weighted by molar-refractivity contribution is 6.38. The zero-order valence-electron chi connectivity index (χ0n) is 17.6. The van der Waals surface area contributed by atoms with Crippen LogP contribution in [0.15, 0.2) is 49.1 Å². The predicted molar refractivity (Wildman–Crippen MR) is 115 cm³/mol. The SMILES string of the molecule is COc1nc2ccc(C(O)(c3ccc(C(F)(F)F)nc3)c3cncn3C)cc2c(Cl)c1C(=O)O. The summed E-state index contributed by atoms with van der Waals surface area (Å²) in [5.41, 5.74) is -2.78. The van der Waals surface area contributed by atoms with Crippen molar-refractivity contribution in [3.05, 3.63) is 82.2 Å². The number of rotatable bonds is 5. The summed E-state index contributed by atoms with van der Waals surface area (Å²) in [4.78, 5) is 23.4. The molecule has 0 amide bonds. The summed E-state index contributed by atoms with van der Waals surface area (Å²) >= 11 is 6.38. The number of aromatic nitrogens is 4. The Morgan fingerprint density at radius 2 is 1.85 bits per heavy atom. The minimum Gasteiger partial charge on any atom is -0.480 e. The van der Waals surface area contributed by atoms with E-state index in [1.54, 1.807) is 7.05 Å². The van der Waals surface area contributed by atoms with E-state index in [0.29, 0.717) is 0 Å². The Kier molecular flexibility index (Phi) is 5.70. The summed E-state index contributed by atoms with van der Waals surface area (Å²) in [5, 5.41) is 21.5. The van der Waals surface area contributed by atoms with Crippen molar-refractivity contribution in [3.8, 4) is 5.88 Å². The maximum absolute atomic E-state index is 13.0. The quantitative estimate of drug-likeness (QED) is 0.433. The van der Waals surface area contributed by atoms with Crippen LogP contribution in [0.1, 0.15) is 32.9 Å². The third-order valence-electron chi connectivity index (χ3n) is 5.37. The maximum Gasteiger partial charge on any atom is 0.433 e. The number of carboxylic acid groups (broad SMARTS) is 1. The molecule has 8 nitrogen and oxygen atoms in total. The van der Waals surface area contributed by atoms with E-state index in [4.69, 9.17) is 16.3 Å². The molecule has 0 bridgehead atoms. The average Bonchev–Trinajstić information content (AvgIpc) is 3.23. The molecule has 0 aliphatic rings. The third-order valence-corrected chi connectivity index (χ3v) is 5.77. The molecular formula is C22H16ClF3N4O4. The summed E-state index contributed by atoms with van der Waals surface area (Å²) in [5.74, 6) is -1.55. The molecule has 1 unspecified atom stereocenters. The van der Waals surface area contributed by atoms with Gasteiger partial charge >= 0.3 is 12.1 Å². The van der Waals surface area contributed by atoms with E-state index in [-0.39, 0.29) is 44.2 Å². The molecule has 3 aromatic heterocycles. The molecule has 0 aliphatic heterocycles. The number of aromatic carboxylic acids is 1. The number of halogens is 4. The second-order valence-electron chi connectivity index (χ2n) is 7.38. The molecule has 0 aliphatic carbocycles. The number of nitrogens with zero attached hydrogens (tertiary/aromatic N) is 4. The van der Waals surface area contributed by atoms with Crippen LogP contribution in [-0.2, 0) is 18.8 Å². The fraction of sp³-hybridized carbons (Fsp3) is 0.182. The lowest BCUT2D eigenvalue weighted by atomic mass is 9.83. The fourth-order valence-corrected chi connectivity index (χ4v) is 4.02. The predicted octanol–water partition coefficient (Wildman–Crippen LogP) is 4.03. The molecule has 176 valence electrons. The first-order chi connectivity index (χ1) is 16.0. The summed E-state index contributed by atoms with van der Waals surface area (Å²) in [7, 11) is 2.86. The number of benzene rings is 1. The van der Waals surface area contributed by atoms with Crippen LogP contribution in [0.2, 0.25) is 5.02 Å². The third kappa shape index (κ3) is 3.72. The van der Waals surface area contributed by atoms with Crippen LogP contribution in [0.5, 0.6) is 5.88 Å². The monoisotopic (exact) mass is 492 g/mol. The van der Waals surface area contributed by atoms with Crippen LogP contribution >= 0.6 is 11.6 Å². The van der Waals surface area contributed by atoms with Gasteiger partial charge in [0.2, 0.25) is 5.88 Å². The summed E-state index contributed by atoms with van der Waals surface area (Å²) < 4.78 is 45.7. The number of imidazole rings is 1. The van der Waals surface area contributed by atoms with Crippen LogP contribution in [0.3, 0.4) is 0 Å². The van der Waals surface area contributed by atoms with E-state index in [2.05, 4.69) is 15.0 Å². The number of aliphatic hydroxyl groups is 1. The van der Waals surface area contributed by atoms with Crippen LogP contribution < -0.4 is 4.74 Å². The van der Waals surface area contributed by atoms with Crippen molar-refractivity contribution in [2.75, 3.05) is 7.11 Å². The smallest absolute Gasteiger partial charge is 0.433 e. The van der Waals surface area contributed by atoms with E-state index in [0.717, 1.165) is 18.3 Å². The molecule has 34 heavy (non-hydrogen) atoms. The Morgan fingerprint density at radius 3 is 2.38 bits per heavy atom. The van der Waals surface area contributed by atoms with Crippen molar-refractivity contribution in [1.82, 2.24) is 19.5 Å². The molecule has 0 radical (unpaired) electrons. The highest BCUT2D eigenvalue weighted by atomic mass is 35.5. The van der Waals surface area contributed by atoms with Gasteiger partial charge in [-0.15, -0.1) is 0 Å². The molecule has 4 aromatic rings. The number of pyridine rings is 2. The van der Waals surface area contributed by atoms with Gasteiger partial charge in [0, 0.05) is 24.2 Å². The molecule has 0 fully saturated rings. The van der Waals surface area contributed by atoms with Gasteiger partial charge < -0.3 is 19.5 Å². The normalized spacial score (nSPS) is 13.6. The number of hydrogen-bond acceptors (Lipinski definition) is 6. The van der Waals surface area contributed by atoms with Crippen molar-refractivity contribution >= 4 is 28.5 Å². The van der Waals surface area contributed by atoms with Crippen molar-refractivity contribution in [2.24, 2.45) is 7.05 Å². The fourth-order valence-electron chi connectivity index (χ4n) is 3.71. The Balaban J connectivity index is 1.99. The number of methoxy groups -OCH3 is 1. The van der Waals surface area contributed by atoms with Gasteiger partial charge in [0.25, 0.3) is 0 Å². The van der Waals surface area contributed by atoms with Gasteiger partial charge in [-0.05, 0) is 23.8 Å². The molecule has 1 atom stereocenters. The lowest BCUT2D eigenvalue weighted by Crippen LogP contribution is -2.31. The summed E-state index contributed by atoms with van der Waals surface area (Å²) in [6.45, 7) is 0. The molecule has 0 saturated carbocycles. The Hall–Kier alpha value is -3.70. The number of fused-ring (bicyclic) bond motifs is 1. The first kappa shape index (κ1) is 23.5. The van der Waals surface area contributed by atoms with Gasteiger partial charge in [-0.1, -0.05) is 23.7 Å². The largest absolute Gasteiger partial charge is 0.480 e. The Morgan fingerprint density at radius 1 is 1.15 bits per heavy atom. The minimum atomic E-state index is -4.66. The lowest BCUT2D eigenvalue weighted by molar-refractivity contribution is -0.141. The molecule has 4 rings (SSSR count). The topological polar surface area (TPSA) is 110 Å². The van der Waals surface area contributed by atoms with Crippen LogP contribution in [-0.4, -0.2) is 42.8 Å². The standard InChI is InChI=1S/C22H16ClF3N4O4/c1-30-10-27-9-16(30)21(33,12-4-6-15(28-8-12)22(24,25)26)11-3-5-14-13(7-11)18(23)17(20(31)32)19(29-14)34-2/h3-10,33H,1-2H3,(H,31,32). The zero-order valence-corrected chi connectivity index (χ0v) is 18.4. The van der Waals surface area contributed by atoms with E-state index in [1.165, 1.54) is 42.4 Å². The first-order valence-corrected chi connectivity index (χ1v) is 10.00. The van der Waals surface area contributed by atoms with Gasteiger partial charge in [0.1, 0.15) is 11.3 Å². The lowest BCUT2D eigenvalue weighted by Gasteiger charge is -2.30. The molecular weight excluding hydrogens is 477 g/mol. The highest BCUT2D eigenvalue weighted by Gasteiger charge is 2.39. The number of carboxylic acids is 1. The number of ether oxygens (including phenoxy) is 1. The number of carbonyl (C=O) groups is 1. The van der Waals surface area contributed by atoms with Crippen molar-refractivity contribution in [2.45, 2.75) is 11.8 Å². The van der Waals surface area contributed by atoms with Crippen molar-refractivity contribution in [3.63, 3.8) is 0 Å². The molecule has 3 heterocycles. The van der Waals surface area contributed by atoms with Gasteiger partial charge in [-0.25, -0.2) is 14.8 Å². The highest BCUT2D eigenvalue weighted by Crippen LogP contribution is 2.40. The van der Waals surface area contributed by atoms with Crippen molar-refractivity contribution < 1.29 is 32.9 Å². The first-order valence-electron chi connectivity index (χ1n) is 9.62. The van der Waals surface area contributed by atoms with E-state index >= 15 is 0 Å². The van der Waals surface area contributed by atoms with E-state index < -0.39 is 23.4 Å². The van der Waals surface area contributed by atoms with Crippen LogP contribution in [0, 0.1) is 0 Å². The molecule has 0 spiro atoms. The van der Waals surface area contributed by atoms with Crippen molar-refractivity contribution in [1.29, 1.82) is 0 Å². The van der Waals surface area contributed by atoms with E-state index in [1.807, 2.05) is 0 Å². The number of hydrogen-bond donors (Lipinski definition) is 2. The zero-order chi connectivity index (χ0) is 24.8. The second-order valence-corrected chi connectivity index (χ2v) is 7.76. The maximum atomic E-state index is 13.0. The number of aryl methyl sites for hydroxylation is 1. The van der Waals surface area contributed by atoms with Gasteiger partial charge in [0.15, 0.2) is 5.60 Å². The van der Waals surface area contributed by atoms with Crippen LogP contribution in [0.25, 0.3) is 10.9 Å². The minimum absolute atomic E-state index is 0.0273. The molecule has 0 saturated heterocycles. The average molecular weight is 493 g/mol. The summed E-state index contributed by atoms with van der Waals surface area (Å²) in [6.07, 6.45) is -0.951. The Labute approximate surface area is 195 Å². The summed E-state index contributed by atoms with van der Waals surface area (Å²) in [6, 6.07) is 6.28. The van der Waals surface area contributed by atoms with Gasteiger partial charge in [-0.2, -0.15) is 13.2 Å².